The zero-order valence-corrected chi connectivity index (χ0v) is 36.6. The maximum Gasteiger partial charge on any atom is 0.303 e. The van der Waals surface area contributed by atoms with Crippen molar-refractivity contribution in [3.8, 4) is 0 Å². The zero-order valence-electron chi connectivity index (χ0n) is 66.1. The molecule has 2 unspecified atom stereocenters. The first kappa shape index (κ1) is 25.2. The number of halogens is 1. The number of aromatic nitrogens is 1. The standard InChI is InChI=1S/C48H62ClNO3S.183H2/c1-15-46(13,53)38-19-17-16-18-36(38)31(5)25-47(14,54-27-48(26-41(51)52)44(9,10)45(48,11)12)37-21-20-28(2)42(34(37)8)29(3)22-35-23-30(4)43-33(7)32(6)39(49)24-40(43)50-35;;;;;;;;;;;;;;;;;;;;;;;;;;;;;;;;;;;;;;;;;;;;;;;;;;;;;;;;;;;;;;;;;;;;;;;;;;;;;;;;;;;;;;;;;;;;;;;;;;;;;;;;;;;;;;;;;;;;;;;;;;;;;;;;;;;;;;;;;;;;;;;;;;;;;;;;;;;;;;;;;;;;;;;;;;;;;;;;;;;;;;;/h16-24,31,53H,15,25-27H2,1-14H3,(H,51,52);183*1H/b29-22+;;;;;;;;;;;;;;;;;;;;;;;;;;;;;;;;;;;;;;;;;;;;;;;;;;;;;;;;;;;;;;;;;;;;;;;;;;;;;;;;;;;;;;;;;;;;;;;;;;;;;;;;;;;;;;;;;;;;;;;;;;;;;;;;;;;;;;;;;;;;;;;;;;;;;;;;;;;;;;;;;;;;;;;;;;;;;;;;;;;;;;;/t31?,46?,47-;;;;;;;;;;;;;;;;;;;;;;;;;;;;;;;;;;;;;;;;;;;;;;;;;;;;;;;;;;;;;;;;;;;;;;;;;;;;;;;;;;;;;;;;;;;;;;;;;;;;;;;;;;;;;;;;;;;;;;;;;;;;;;;;;;;;;;;;;;;;;;;;;;;;;;;;;;;;;;;;;;;;;;;;;;;;;;;;;;;;;;;/m1......................................................................................................................................................................................./s1/i22D;15*1+1D;;;;;;;;;;;;;;;;;;;;;;;;;;;;;;;;;;;;;;;;;;;;;;;;;;;;;;;;;;;;;;;;;;;;;;;;;;;;;;;;;;;;;;;;;;;;;;;;;;;;;;;;;;;;;;;;;;;;;;;;;;;;;;;;;;;;;;;;;;;;;;;;;;;;;;;;;;;;;;;;;;;;;;;;. The molecule has 4 nitrogen and oxygen atoms in total. The van der Waals surface area contributed by atoms with Crippen LogP contribution in [0.3, 0.4) is 0 Å². The second kappa shape index (κ2) is 14.8. The summed E-state index contributed by atoms with van der Waals surface area (Å²) in [6.45, 7) is 29.9. The summed E-state index contributed by atoms with van der Waals surface area (Å²) in [7, 11) is 0. The van der Waals surface area contributed by atoms with Crippen LogP contribution in [0, 0.1) is 50.9 Å². The number of pyridine rings is 1. The summed E-state index contributed by atoms with van der Waals surface area (Å²) >= 11 is 8.50. The first-order valence-electron chi connectivity index (χ1n) is 34.9. The Morgan fingerprint density at radius 2 is 1.65 bits per heavy atom. The van der Waals surface area contributed by atoms with Crippen LogP contribution in [0.4, 0.5) is 0 Å². The highest BCUT2D eigenvalue weighted by atomic mass is 35.5. The van der Waals surface area contributed by atoms with Gasteiger partial charge in [0, 0.05) is 311 Å². The highest BCUT2D eigenvalue weighted by Gasteiger charge is 2.76. The first-order chi connectivity index (χ1) is 40.4. The molecule has 6 heteroatoms. The Kier molecular flexibility index (Phi) is 6.88. The smallest absolute Gasteiger partial charge is 0.303 e. The summed E-state index contributed by atoms with van der Waals surface area (Å²) in [6, 6.07) is 17.0. The molecule has 1 aromatic heterocycles. The van der Waals surface area contributed by atoms with Gasteiger partial charge in [-0.2, -0.15) is 0 Å². The molecular formula is C48H428ClNO3S. The maximum atomic E-state index is 12.4. The van der Waals surface area contributed by atoms with Crippen LogP contribution < -0.4 is 0 Å². The van der Waals surface area contributed by atoms with Crippen molar-refractivity contribution in [2.75, 3.05) is 5.75 Å². The van der Waals surface area contributed by atoms with Crippen LogP contribution in [0.5, 0.6) is 0 Å². The number of rotatable bonds is 13. The number of carboxylic acids is 1. The summed E-state index contributed by atoms with van der Waals surface area (Å²) in [5.41, 5.74) is 10.4. The van der Waals surface area contributed by atoms with Gasteiger partial charge in [0.05, 0.1) is 24.6 Å². The van der Waals surface area contributed by atoms with Crippen LogP contribution in [0.25, 0.3) is 22.5 Å². The number of allylic oxidation sites excluding steroid dienone is 1. The fourth-order valence-electron chi connectivity index (χ4n) is 9.69. The molecule has 1 aliphatic rings. The van der Waals surface area contributed by atoms with Gasteiger partial charge in [0.2, 0.25) is 0 Å². The topological polar surface area (TPSA) is 70.4 Å². The highest BCUT2D eigenvalue weighted by Crippen LogP contribution is 2.80. The number of carboxylic acid groups (broad SMARTS) is 1. The largest absolute Gasteiger partial charge is 0.481 e. The Morgan fingerprint density at radius 1 is 1.02 bits per heavy atom. The number of benzene rings is 3. The molecule has 656 valence electrons. The number of aryl methyl sites for hydroxylation is 3. The van der Waals surface area contributed by atoms with Crippen molar-refractivity contribution in [3.05, 3.63) is 109 Å². The molecule has 2 N–H and O–H groups in total. The molecule has 1 fully saturated rings. The number of fused-ring (bicyclic) bond motifs is 1. The van der Waals surface area contributed by atoms with Crippen molar-refractivity contribution < 1.29 is 301 Å². The minimum atomic E-state index is -0.959. The first-order valence-corrected chi connectivity index (χ1v) is 20.8. The lowest BCUT2D eigenvalue weighted by Crippen LogP contribution is -2.28. The van der Waals surface area contributed by atoms with E-state index in [-0.39, 0.29) is 268 Å². The molecule has 0 bridgehead atoms. The van der Waals surface area contributed by atoms with E-state index in [0.29, 0.717) is 28.9 Å². The Hall–Kier alpha value is -3.12. The van der Waals surface area contributed by atoms with Crippen molar-refractivity contribution >= 4 is 51.9 Å². The Bertz CT molecular complexity index is 2370. The minimum absolute atomic E-state index is 0. The van der Waals surface area contributed by atoms with E-state index in [4.69, 9.17) is 61.1 Å². The van der Waals surface area contributed by atoms with E-state index in [2.05, 4.69) is 99.6 Å². The van der Waals surface area contributed by atoms with Gasteiger partial charge in [0.1, 0.15) is 0 Å². The molecule has 0 radical (unpaired) electrons. The van der Waals surface area contributed by atoms with Gasteiger partial charge < -0.3 is 10.2 Å². The predicted molar refractivity (Wildman–Crippen MR) is 619 cm³/mol. The van der Waals surface area contributed by atoms with Gasteiger partial charge in [-0.05, 0) is 159 Å². The van der Waals surface area contributed by atoms with E-state index in [1.165, 1.54) is 5.56 Å². The van der Waals surface area contributed by atoms with E-state index in [1.54, 1.807) is 0 Å². The Balaban J connectivity index is -0.00000000150. The third-order valence-corrected chi connectivity index (χ3v) is 16.2. The number of nitrogens with zero attached hydrogens (tertiary/aromatic N) is 1. The quantitative estimate of drug-likeness (QED) is 0.140. The van der Waals surface area contributed by atoms with Crippen LogP contribution in [-0.4, -0.2) is 26.9 Å². The molecule has 5 rings (SSSR count). The maximum absolute atomic E-state index is 12.4. The second-order valence-electron chi connectivity index (χ2n) is 17.7. The summed E-state index contributed by atoms with van der Waals surface area (Å²) in [6.07, 6.45) is 1.49. The summed E-state index contributed by atoms with van der Waals surface area (Å²) in [4.78, 5) is 17.4. The van der Waals surface area contributed by atoms with Gasteiger partial charge in [0.15, 0.2) is 0 Å². The number of aliphatic carboxylic acids is 1. The van der Waals surface area contributed by atoms with Gasteiger partial charge in [0.25, 0.3) is 0 Å². The van der Waals surface area contributed by atoms with Crippen molar-refractivity contribution in [1.29, 1.82) is 0 Å². The third-order valence-electron chi connectivity index (χ3n) is 14.2. The van der Waals surface area contributed by atoms with Crippen molar-refractivity contribution in [1.82, 2.24) is 4.98 Å². The van der Waals surface area contributed by atoms with Gasteiger partial charge >= 0.3 is 5.97 Å². The van der Waals surface area contributed by atoms with E-state index >= 15 is 0 Å². The predicted octanol–water partition coefficient (Wildman–Crippen LogP) is 58.3. The highest BCUT2D eigenvalue weighted by molar-refractivity contribution is 8.00. The fraction of sp³-hybridized carbons (Fsp3) is 0.500. The Labute approximate surface area is 631 Å². The molecular weight excluding hydrogens is 706 g/mol. The average molecular weight is 1170 g/mol. The molecule has 3 aromatic carbocycles. The van der Waals surface area contributed by atoms with Crippen molar-refractivity contribution in [2.24, 2.45) is 16.2 Å². The molecule has 0 saturated heterocycles. The molecule has 1 saturated carbocycles. The molecule has 0 amide bonds. The monoisotopic (exact) mass is 1170 g/mol. The van der Waals surface area contributed by atoms with Gasteiger partial charge in [-0.3, -0.25) is 4.79 Å². The van der Waals surface area contributed by atoms with Crippen molar-refractivity contribution in [3.63, 3.8) is 0 Å². The number of hydrogen-bond donors (Lipinski definition) is 2. The molecule has 0 spiro atoms. The summed E-state index contributed by atoms with van der Waals surface area (Å²) in [5.74, 6) is 0.0195. The second-order valence-corrected chi connectivity index (χ2v) is 19.6. The fourth-order valence-corrected chi connectivity index (χ4v) is 12.1. The SMILES string of the molecule is [2H]/C(=C(/C)c1c(C)ccc([C@@](C)(CC(C)c2ccccc2C(C)(O)CC)SCC2(CC(=O)O)C(C)(C)C2(C)C)c1C)c1cc(C)c2c(C)c(C)c(Cl)cc2n1.[2H][2H].[2H][2H].[2H][2H].[2H][2H].[2H][2H].[2H][2H].[2H][2H].[2H][2H].[2H][2H].[2H][2H].[2H][2H].[2H][2H].[2H][2H].[2H][2H].[2H][2H].[HH].[HH].[HH].[HH].[HH].[HH].[HH].[HH].[HH].[HH].[HH].[HH].[HH].[HH].[HH].[HH].[HH].[HH].[HH].[HH].[HH].[HH].[HH].[HH].[HH].[HH].[HH].[HH].[HH].[HH].[HH].[HH].[HH].[HH].[HH].[HH].[HH].[HH].[HH].[HH].[HH].[HH].[HH].[HH].[HH].[HH].[HH].[HH].[HH].[HH].[HH].[HH].[HH].[HH].[HH].[HH].[HH].[HH].[HH].[HH].[HH].[HH].[HH].[HH].[HH].[HH].[HH].[HH].[HH].[HH].[HH].[HH].[HH].[HH].[HH].[HH].[HH].[HH].[HH].[HH].[HH].[HH].[HH].[HH].[HH].[HH].[HH].[HH].[HH].[HH].[HH].[HH].[HH].[HH].[HH].[HH].[HH].[HH].[HH].[HH].[HH].[HH].[HH].[HH].[HH].[HH].[HH].[HH].[HH].[HH].[HH].[HH].[HH].[HH].[HH].[HH].[HH].[HH].[HH].[HH].[HH].[HH].[HH].[HH].[HH].[HH].[HH].[HH].[HH].[HH].[HH].[HH].[HH].[HH].[HH].[HH].[HH].[HH].[HH].[HH].[HH].[HH].[HH].[HH].[HH].[HH].[HH].[HH].[HH].[HH].[HH].[HH].[HH].[HH].[HH].[HH].[HH].[HH].[HH].[HH].[HH].[HH].[HH].[HH].[HH].[HH].[HH].[HH]. The molecule has 4 aromatic rings. The Morgan fingerprint density at radius 3 is 2.24 bits per heavy atom. The van der Waals surface area contributed by atoms with Gasteiger partial charge in [-0.15, -0.1) is 11.8 Å². The molecule has 1 aliphatic carbocycles. The third kappa shape index (κ3) is 7.07. The molecule has 0 aliphatic heterocycles. The van der Waals surface area contributed by atoms with E-state index in [9.17, 15) is 16.4 Å². The van der Waals surface area contributed by atoms with E-state index in [0.717, 1.165) is 67.4 Å². The lowest BCUT2D eigenvalue weighted by molar-refractivity contribution is -0.138. The van der Waals surface area contributed by atoms with Crippen LogP contribution in [-0.2, 0) is 15.1 Å². The molecule has 1 heterocycles. The van der Waals surface area contributed by atoms with Crippen LogP contribution >= 0.6 is 23.4 Å². The van der Waals surface area contributed by atoms with Crippen LogP contribution in [0.1, 0.15) is 429 Å². The zero-order chi connectivity index (χ0) is 71.2. The number of thioether (sulfide) groups is 1. The van der Waals surface area contributed by atoms with Gasteiger partial charge in [-0.1, -0.05) is 89.5 Å². The number of hydrogen-bond acceptors (Lipinski definition) is 4. The minimum Gasteiger partial charge on any atom is -0.481 e. The normalized spacial score (nSPS) is 21.6. The average Bonchev–Trinajstić information content (AvgIpc) is 1.48. The summed E-state index contributed by atoms with van der Waals surface area (Å²) < 4.78 is 159. The van der Waals surface area contributed by atoms with Crippen LogP contribution in [0.2, 0.25) is 5.02 Å². The van der Waals surface area contributed by atoms with E-state index < -0.39 is 16.3 Å². The van der Waals surface area contributed by atoms with Crippen molar-refractivity contribution in [2.45, 2.75) is 132 Å². The molecule has 54 heavy (non-hydrogen) atoms. The number of aliphatic hydroxyl groups is 1. The van der Waals surface area contributed by atoms with Gasteiger partial charge in [-0.25, -0.2) is 4.98 Å². The lowest BCUT2D eigenvalue weighted by Gasteiger charge is -2.38. The van der Waals surface area contributed by atoms with Crippen LogP contribution in [0.15, 0.2) is 48.5 Å². The lowest BCUT2D eigenvalue weighted by atomic mass is 9.78. The molecule has 3 atom stereocenters. The summed E-state index contributed by atoms with van der Waals surface area (Å²) in [5, 5.41) is 23.4. The number of carbonyl (C=O) groups is 1. The van der Waals surface area contributed by atoms with E-state index in [1.807, 2.05) is 57.7 Å².